The van der Waals surface area contributed by atoms with Crippen molar-refractivity contribution >= 4 is 22.6 Å². The molecule has 1 saturated carbocycles. The number of alkyl halides is 1. The highest BCUT2D eigenvalue weighted by Crippen LogP contribution is 2.42. The fourth-order valence-corrected chi connectivity index (χ4v) is 3.71. The van der Waals surface area contributed by atoms with Crippen molar-refractivity contribution in [3.05, 3.63) is 39.7 Å². The summed E-state index contributed by atoms with van der Waals surface area (Å²) in [4.78, 5) is 25.3. The molecule has 0 bridgehead atoms. The lowest BCUT2D eigenvalue weighted by atomic mass is 10.1. The number of carboxylic acid groups (broad SMARTS) is 1. The number of pyridine rings is 1. The molecule has 1 saturated heterocycles. The third-order valence-corrected chi connectivity index (χ3v) is 5.14. The fourth-order valence-electron chi connectivity index (χ4n) is 3.71. The molecule has 6 nitrogen and oxygen atoms in total. The molecule has 1 aromatic heterocycles. The maximum Gasteiger partial charge on any atom is 0.341 e. The van der Waals surface area contributed by atoms with E-state index in [4.69, 9.17) is 0 Å². The highest BCUT2D eigenvalue weighted by Gasteiger charge is 2.41. The first-order valence-corrected chi connectivity index (χ1v) is 8.72. The van der Waals surface area contributed by atoms with Crippen LogP contribution in [0, 0.1) is 11.6 Å². The number of halogens is 3. The first-order chi connectivity index (χ1) is 12.8. The number of nitrogens with zero attached hydrogens (tertiary/aromatic N) is 2. The van der Waals surface area contributed by atoms with Gasteiger partial charge in [0.05, 0.1) is 16.9 Å². The molecule has 9 heteroatoms. The number of carboxylic acids is 1. The predicted octanol–water partition coefficient (Wildman–Crippen LogP) is 2.06. The number of hydrogen-bond donors (Lipinski definition) is 2. The second-order valence-corrected chi connectivity index (χ2v) is 7.12. The van der Waals surface area contributed by atoms with Gasteiger partial charge in [0.15, 0.2) is 5.82 Å². The molecule has 1 aromatic carbocycles. The third-order valence-electron chi connectivity index (χ3n) is 5.14. The summed E-state index contributed by atoms with van der Waals surface area (Å²) in [5.41, 5.74) is -2.15. The first kappa shape index (κ1) is 17.8. The van der Waals surface area contributed by atoms with Crippen molar-refractivity contribution in [3.63, 3.8) is 0 Å². The van der Waals surface area contributed by atoms with Crippen LogP contribution in [0.1, 0.15) is 29.7 Å². The lowest BCUT2D eigenvalue weighted by molar-refractivity contribution is 0.0694. The van der Waals surface area contributed by atoms with Gasteiger partial charge in [-0.2, -0.15) is 0 Å². The van der Waals surface area contributed by atoms with Crippen LogP contribution in [0.15, 0.2) is 17.1 Å². The number of nitrogens with one attached hydrogen (secondary N) is 1. The number of aromatic nitrogens is 1. The average Bonchev–Trinajstić information content (AvgIpc) is 3.32. The number of hydrogen-bond acceptors (Lipinski definition) is 4. The van der Waals surface area contributed by atoms with Crippen molar-refractivity contribution < 1.29 is 23.1 Å². The van der Waals surface area contributed by atoms with Gasteiger partial charge in [0.25, 0.3) is 0 Å². The Kier molecular flexibility index (Phi) is 4.14. The van der Waals surface area contributed by atoms with Crippen molar-refractivity contribution in [1.29, 1.82) is 0 Å². The molecular weight excluding hydrogens is 363 g/mol. The molecule has 144 valence electrons. The number of carbonyl (C=O) groups is 1. The molecule has 1 aliphatic carbocycles. The largest absolute Gasteiger partial charge is 0.477 e. The molecule has 2 aromatic rings. The van der Waals surface area contributed by atoms with Crippen molar-refractivity contribution in [2.24, 2.45) is 0 Å². The zero-order chi connectivity index (χ0) is 19.5. The predicted molar refractivity (Wildman–Crippen MR) is 93.3 cm³/mol. The van der Waals surface area contributed by atoms with Crippen molar-refractivity contribution in [2.75, 3.05) is 24.5 Å². The number of anilines is 1. The molecule has 27 heavy (non-hydrogen) atoms. The molecule has 2 N–H and O–H groups in total. The van der Waals surface area contributed by atoms with Crippen LogP contribution in [0.3, 0.4) is 0 Å². The fraction of sp³-hybridized carbons (Fsp3) is 0.444. The summed E-state index contributed by atoms with van der Waals surface area (Å²) < 4.78 is 45.0. The van der Waals surface area contributed by atoms with Gasteiger partial charge in [0.1, 0.15) is 23.2 Å². The molecule has 2 heterocycles. The van der Waals surface area contributed by atoms with Gasteiger partial charge in [-0.3, -0.25) is 4.79 Å². The molecular formula is C18H18F3N3O3. The van der Waals surface area contributed by atoms with Gasteiger partial charge in [0.2, 0.25) is 5.43 Å². The minimum Gasteiger partial charge on any atom is -0.477 e. The van der Waals surface area contributed by atoms with Crippen LogP contribution >= 0.6 is 0 Å². The maximum atomic E-state index is 15.4. The number of benzene rings is 1. The van der Waals surface area contributed by atoms with Crippen LogP contribution in [-0.4, -0.2) is 47.5 Å². The Bertz CT molecular complexity index is 1010. The van der Waals surface area contributed by atoms with Crippen LogP contribution in [0.25, 0.3) is 10.9 Å². The van der Waals surface area contributed by atoms with E-state index in [0.29, 0.717) is 19.6 Å². The van der Waals surface area contributed by atoms with E-state index >= 15 is 4.39 Å². The summed E-state index contributed by atoms with van der Waals surface area (Å²) in [5, 5.41) is 12.0. The third kappa shape index (κ3) is 2.86. The summed E-state index contributed by atoms with van der Waals surface area (Å²) in [5.74, 6) is -3.42. The zero-order valence-corrected chi connectivity index (χ0v) is 14.5. The Morgan fingerprint density at radius 2 is 2.07 bits per heavy atom. The molecule has 2 fully saturated rings. The summed E-state index contributed by atoms with van der Waals surface area (Å²) >= 11 is 0. The van der Waals surface area contributed by atoms with Crippen molar-refractivity contribution in [1.82, 2.24) is 9.88 Å². The standard InChI is InChI=1S/C18H18F3N3O3/c1-8-6-23(3-2-22-8)16-12(20)4-9-15(14(16)21)24(13-5-11(13)19)7-10(17(9)25)18(26)27/h4,7-8,11,13,22H,2-3,5-6H2,1H3,(H,26,27)/t8-,11+,13-/m0/s1. The van der Waals surface area contributed by atoms with Gasteiger partial charge in [-0.15, -0.1) is 0 Å². The van der Waals surface area contributed by atoms with Gasteiger partial charge in [-0.05, 0) is 13.0 Å². The van der Waals surface area contributed by atoms with Gasteiger partial charge in [-0.25, -0.2) is 18.0 Å². The topological polar surface area (TPSA) is 74.6 Å². The first-order valence-electron chi connectivity index (χ1n) is 8.72. The second-order valence-electron chi connectivity index (χ2n) is 7.12. The number of rotatable bonds is 3. The lowest BCUT2D eigenvalue weighted by Gasteiger charge is -2.34. The van der Waals surface area contributed by atoms with E-state index in [-0.39, 0.29) is 23.7 Å². The van der Waals surface area contributed by atoms with Gasteiger partial charge >= 0.3 is 5.97 Å². The molecule has 2 aliphatic rings. The van der Waals surface area contributed by atoms with Crippen LogP contribution in [0.2, 0.25) is 0 Å². The smallest absolute Gasteiger partial charge is 0.341 e. The van der Waals surface area contributed by atoms with E-state index in [1.54, 1.807) is 4.90 Å². The van der Waals surface area contributed by atoms with Crippen LogP contribution in [0.4, 0.5) is 18.9 Å². The average molecular weight is 381 g/mol. The monoisotopic (exact) mass is 381 g/mol. The van der Waals surface area contributed by atoms with E-state index in [1.165, 1.54) is 0 Å². The van der Waals surface area contributed by atoms with Crippen LogP contribution in [-0.2, 0) is 0 Å². The normalized spacial score (nSPS) is 25.0. The van der Waals surface area contributed by atoms with E-state index in [1.807, 2.05) is 6.92 Å². The molecule has 0 amide bonds. The molecule has 0 radical (unpaired) electrons. The number of aromatic carboxylic acids is 1. The van der Waals surface area contributed by atoms with Crippen molar-refractivity contribution in [2.45, 2.75) is 31.6 Å². The Balaban J connectivity index is 2.00. The summed E-state index contributed by atoms with van der Waals surface area (Å²) in [7, 11) is 0. The van der Waals surface area contributed by atoms with Gasteiger partial charge in [-0.1, -0.05) is 0 Å². The quantitative estimate of drug-likeness (QED) is 0.852. The van der Waals surface area contributed by atoms with E-state index in [2.05, 4.69) is 5.32 Å². The highest BCUT2D eigenvalue weighted by atomic mass is 19.1. The Morgan fingerprint density at radius 3 is 2.67 bits per heavy atom. The lowest BCUT2D eigenvalue weighted by Crippen LogP contribution is -2.49. The Labute approximate surface area is 152 Å². The summed E-state index contributed by atoms with van der Waals surface area (Å²) in [6.07, 6.45) is -0.208. The second kappa shape index (κ2) is 6.26. The summed E-state index contributed by atoms with van der Waals surface area (Å²) in [6.45, 7) is 3.16. The number of piperazine rings is 1. The van der Waals surface area contributed by atoms with E-state index < -0.39 is 46.2 Å². The Morgan fingerprint density at radius 1 is 1.37 bits per heavy atom. The molecule has 4 rings (SSSR count). The molecule has 3 atom stereocenters. The maximum absolute atomic E-state index is 15.4. The zero-order valence-electron chi connectivity index (χ0n) is 14.5. The molecule has 1 aliphatic heterocycles. The SMILES string of the molecule is C[C@H]1CN(c2c(F)cc3c(=O)c(C(=O)O)cn([C@H]4C[C@H]4F)c3c2F)CCN1. The van der Waals surface area contributed by atoms with Gasteiger partial charge in [0, 0.05) is 38.3 Å². The Hall–Kier alpha value is -2.55. The van der Waals surface area contributed by atoms with Crippen LogP contribution < -0.4 is 15.6 Å². The minimum absolute atomic E-state index is 0.0171. The number of fused-ring (bicyclic) bond motifs is 1. The van der Waals surface area contributed by atoms with Crippen molar-refractivity contribution in [3.8, 4) is 0 Å². The van der Waals surface area contributed by atoms with Gasteiger partial charge < -0.3 is 19.9 Å². The van der Waals surface area contributed by atoms with E-state index in [0.717, 1.165) is 16.8 Å². The molecule has 0 unspecified atom stereocenters. The summed E-state index contributed by atoms with van der Waals surface area (Å²) in [6, 6.07) is 0.117. The van der Waals surface area contributed by atoms with Crippen LogP contribution in [0.5, 0.6) is 0 Å². The minimum atomic E-state index is -1.52. The molecule has 0 spiro atoms. The van der Waals surface area contributed by atoms with E-state index in [9.17, 15) is 23.5 Å². The highest BCUT2D eigenvalue weighted by molar-refractivity contribution is 5.94.